The van der Waals surface area contributed by atoms with Crippen molar-refractivity contribution in [3.05, 3.63) is 69.7 Å². The van der Waals surface area contributed by atoms with Crippen LogP contribution >= 0.6 is 15.9 Å². The van der Waals surface area contributed by atoms with Crippen molar-refractivity contribution in [1.29, 1.82) is 0 Å². The fourth-order valence-electron chi connectivity index (χ4n) is 2.17. The van der Waals surface area contributed by atoms with Crippen molar-refractivity contribution < 1.29 is 0 Å². The molecule has 2 rings (SSSR count). The molecule has 2 aromatic carbocycles. The lowest BCUT2D eigenvalue weighted by Crippen LogP contribution is -2.20. The second-order valence-electron chi connectivity index (χ2n) is 4.84. The van der Waals surface area contributed by atoms with E-state index in [9.17, 15) is 0 Å². The van der Waals surface area contributed by atoms with E-state index in [0.717, 1.165) is 13.0 Å². The third kappa shape index (κ3) is 3.92. The Bertz CT molecular complexity index is 522. The molecule has 2 heteroatoms. The van der Waals surface area contributed by atoms with Crippen LogP contribution in [0.1, 0.15) is 36.1 Å². The lowest BCUT2D eigenvalue weighted by molar-refractivity contribution is 0.519. The molecule has 0 radical (unpaired) electrons. The molecule has 1 N–H and O–H groups in total. The number of benzene rings is 2. The standard InChI is InChI=1S/C17H20BrN/c1-3-17(15-7-5-4-6-8-15)19-12-14-10-9-13(2)16(18)11-14/h4-11,17,19H,3,12H2,1-2H3. The maximum atomic E-state index is 3.63. The first-order valence-electron chi connectivity index (χ1n) is 6.74. The van der Waals surface area contributed by atoms with E-state index in [2.05, 4.69) is 83.6 Å². The molecule has 1 atom stereocenters. The first kappa shape index (κ1) is 14.3. The van der Waals surface area contributed by atoms with Gasteiger partial charge in [0.1, 0.15) is 0 Å². The lowest BCUT2D eigenvalue weighted by atomic mass is 10.0. The number of hydrogen-bond donors (Lipinski definition) is 1. The molecule has 100 valence electrons. The van der Waals surface area contributed by atoms with E-state index in [1.165, 1.54) is 21.2 Å². The molecule has 0 heterocycles. The Morgan fingerprint density at radius 1 is 1.11 bits per heavy atom. The molecule has 0 spiro atoms. The lowest BCUT2D eigenvalue weighted by Gasteiger charge is -2.17. The highest BCUT2D eigenvalue weighted by Crippen LogP contribution is 2.20. The molecule has 1 nitrogen and oxygen atoms in total. The van der Waals surface area contributed by atoms with Crippen LogP contribution in [0.5, 0.6) is 0 Å². The van der Waals surface area contributed by atoms with Crippen LogP contribution in [0.3, 0.4) is 0 Å². The van der Waals surface area contributed by atoms with Crippen molar-refractivity contribution in [2.45, 2.75) is 32.9 Å². The van der Waals surface area contributed by atoms with E-state index in [0.29, 0.717) is 6.04 Å². The zero-order valence-corrected chi connectivity index (χ0v) is 13.1. The minimum absolute atomic E-state index is 0.418. The van der Waals surface area contributed by atoms with Crippen LogP contribution in [0.25, 0.3) is 0 Å². The van der Waals surface area contributed by atoms with Gasteiger partial charge in [0.15, 0.2) is 0 Å². The van der Waals surface area contributed by atoms with Gasteiger partial charge in [-0.15, -0.1) is 0 Å². The van der Waals surface area contributed by atoms with E-state index in [4.69, 9.17) is 0 Å². The average Bonchev–Trinajstić information content (AvgIpc) is 2.44. The monoisotopic (exact) mass is 317 g/mol. The van der Waals surface area contributed by atoms with Gasteiger partial charge in [-0.05, 0) is 36.1 Å². The van der Waals surface area contributed by atoms with Crippen molar-refractivity contribution in [3.8, 4) is 0 Å². The maximum Gasteiger partial charge on any atom is 0.0320 e. The van der Waals surface area contributed by atoms with Gasteiger partial charge >= 0.3 is 0 Å². The van der Waals surface area contributed by atoms with Crippen molar-refractivity contribution in [3.63, 3.8) is 0 Å². The van der Waals surface area contributed by atoms with Gasteiger partial charge < -0.3 is 5.32 Å². The Balaban J connectivity index is 2.02. The van der Waals surface area contributed by atoms with E-state index >= 15 is 0 Å². The highest BCUT2D eigenvalue weighted by atomic mass is 79.9. The molecule has 0 bridgehead atoms. The topological polar surface area (TPSA) is 12.0 Å². The van der Waals surface area contributed by atoms with Gasteiger partial charge in [0.25, 0.3) is 0 Å². The molecular formula is C17H20BrN. The molecule has 0 saturated heterocycles. The maximum absolute atomic E-state index is 3.63. The zero-order chi connectivity index (χ0) is 13.7. The summed E-state index contributed by atoms with van der Waals surface area (Å²) >= 11 is 3.59. The van der Waals surface area contributed by atoms with Gasteiger partial charge in [-0.1, -0.05) is 65.3 Å². The first-order chi connectivity index (χ1) is 9.20. The van der Waals surface area contributed by atoms with Crippen molar-refractivity contribution in [2.24, 2.45) is 0 Å². The Hall–Kier alpha value is -1.12. The number of halogens is 1. The summed E-state index contributed by atoms with van der Waals surface area (Å²) in [4.78, 5) is 0. The van der Waals surface area contributed by atoms with E-state index in [1.807, 2.05) is 0 Å². The Morgan fingerprint density at radius 2 is 1.84 bits per heavy atom. The van der Waals surface area contributed by atoms with Crippen LogP contribution in [-0.2, 0) is 6.54 Å². The molecule has 0 saturated carbocycles. The number of rotatable bonds is 5. The summed E-state index contributed by atoms with van der Waals surface area (Å²) in [6.45, 7) is 5.22. The summed E-state index contributed by atoms with van der Waals surface area (Å²) in [5, 5.41) is 3.63. The fraction of sp³-hybridized carbons (Fsp3) is 0.294. The van der Waals surface area contributed by atoms with Crippen LogP contribution in [-0.4, -0.2) is 0 Å². The normalized spacial score (nSPS) is 12.4. The zero-order valence-electron chi connectivity index (χ0n) is 11.5. The van der Waals surface area contributed by atoms with Crippen LogP contribution < -0.4 is 5.32 Å². The van der Waals surface area contributed by atoms with Gasteiger partial charge in [0.2, 0.25) is 0 Å². The smallest absolute Gasteiger partial charge is 0.0320 e. The molecule has 1 unspecified atom stereocenters. The quantitative estimate of drug-likeness (QED) is 0.818. The SMILES string of the molecule is CCC(NCc1ccc(C)c(Br)c1)c1ccccc1. The predicted molar refractivity (Wildman–Crippen MR) is 85.2 cm³/mol. The average molecular weight is 318 g/mol. The Kier molecular flexibility index (Phi) is 5.17. The van der Waals surface area contributed by atoms with Crippen LogP contribution in [0.2, 0.25) is 0 Å². The van der Waals surface area contributed by atoms with Crippen molar-refractivity contribution in [2.75, 3.05) is 0 Å². The summed E-state index contributed by atoms with van der Waals surface area (Å²) in [6, 6.07) is 17.6. The highest BCUT2D eigenvalue weighted by Gasteiger charge is 2.08. The second kappa shape index (κ2) is 6.88. The van der Waals surface area contributed by atoms with Gasteiger partial charge in [-0.25, -0.2) is 0 Å². The number of hydrogen-bond acceptors (Lipinski definition) is 1. The van der Waals surface area contributed by atoms with Crippen LogP contribution in [0.4, 0.5) is 0 Å². The molecule has 0 aliphatic carbocycles. The summed E-state index contributed by atoms with van der Waals surface area (Å²) in [6.07, 6.45) is 1.09. The highest BCUT2D eigenvalue weighted by molar-refractivity contribution is 9.10. The van der Waals surface area contributed by atoms with E-state index in [-0.39, 0.29) is 0 Å². The van der Waals surface area contributed by atoms with Crippen LogP contribution in [0, 0.1) is 6.92 Å². The van der Waals surface area contributed by atoms with E-state index < -0.39 is 0 Å². The molecule has 2 aromatic rings. The molecular weight excluding hydrogens is 298 g/mol. The fourth-order valence-corrected chi connectivity index (χ4v) is 2.60. The summed E-state index contributed by atoms with van der Waals surface area (Å²) in [5.74, 6) is 0. The number of aryl methyl sites for hydroxylation is 1. The molecule has 0 aromatic heterocycles. The summed E-state index contributed by atoms with van der Waals surface area (Å²) in [7, 11) is 0. The molecule has 0 aliphatic heterocycles. The van der Waals surface area contributed by atoms with Crippen LogP contribution in [0.15, 0.2) is 53.0 Å². The second-order valence-corrected chi connectivity index (χ2v) is 5.69. The Labute approximate surface area is 124 Å². The van der Waals surface area contributed by atoms with Gasteiger partial charge in [0, 0.05) is 17.1 Å². The largest absolute Gasteiger partial charge is 0.306 e. The van der Waals surface area contributed by atoms with Crippen molar-refractivity contribution >= 4 is 15.9 Å². The summed E-state index contributed by atoms with van der Waals surface area (Å²) < 4.78 is 1.18. The molecule has 19 heavy (non-hydrogen) atoms. The summed E-state index contributed by atoms with van der Waals surface area (Å²) in [5.41, 5.74) is 3.95. The minimum atomic E-state index is 0.418. The molecule has 0 amide bonds. The van der Waals surface area contributed by atoms with E-state index in [1.54, 1.807) is 0 Å². The van der Waals surface area contributed by atoms with Gasteiger partial charge in [0.05, 0.1) is 0 Å². The van der Waals surface area contributed by atoms with Gasteiger partial charge in [-0.3, -0.25) is 0 Å². The predicted octanol–water partition coefficient (Wildman–Crippen LogP) is 5.00. The third-order valence-corrected chi connectivity index (χ3v) is 4.25. The Morgan fingerprint density at radius 3 is 2.47 bits per heavy atom. The number of nitrogens with one attached hydrogen (secondary N) is 1. The third-order valence-electron chi connectivity index (χ3n) is 3.40. The molecule has 0 fully saturated rings. The van der Waals surface area contributed by atoms with Gasteiger partial charge in [-0.2, -0.15) is 0 Å². The first-order valence-corrected chi connectivity index (χ1v) is 7.53. The molecule has 0 aliphatic rings. The van der Waals surface area contributed by atoms with Crippen molar-refractivity contribution in [1.82, 2.24) is 5.32 Å². The minimum Gasteiger partial charge on any atom is -0.306 e.